The number of benzene rings is 1. The maximum Gasteiger partial charge on any atom is 0.360 e. The second-order valence-corrected chi connectivity index (χ2v) is 7.58. The molecule has 2 aromatic rings. The first-order valence-corrected chi connectivity index (χ1v) is 9.47. The standard InChI is InChI=1S/C19H20BrN3O3/c1-12-13-5-3-4-6-14(13)26-19(12)7-9-23(10-8-19)17-16(18(24)25-2)22-15(20)11-21-17/h3-6,11-12H,7-10H2,1-2H3/t12-/m1/s1. The van der Waals surface area contributed by atoms with E-state index < -0.39 is 5.97 Å². The van der Waals surface area contributed by atoms with Crippen LogP contribution in [0.15, 0.2) is 35.1 Å². The fourth-order valence-corrected chi connectivity index (χ4v) is 4.26. The Balaban J connectivity index is 1.56. The number of halogens is 1. The van der Waals surface area contributed by atoms with Crippen LogP contribution >= 0.6 is 15.9 Å². The number of ether oxygens (including phenoxy) is 2. The van der Waals surface area contributed by atoms with Crippen LogP contribution in [0.25, 0.3) is 0 Å². The van der Waals surface area contributed by atoms with E-state index in [9.17, 15) is 4.79 Å². The number of rotatable bonds is 2. The van der Waals surface area contributed by atoms with Crippen molar-refractivity contribution in [3.8, 4) is 5.75 Å². The minimum absolute atomic E-state index is 0.186. The molecule has 0 bridgehead atoms. The van der Waals surface area contributed by atoms with Gasteiger partial charge in [0.1, 0.15) is 16.0 Å². The Morgan fingerprint density at radius 2 is 2.08 bits per heavy atom. The molecule has 26 heavy (non-hydrogen) atoms. The van der Waals surface area contributed by atoms with E-state index in [2.05, 4.69) is 49.9 Å². The van der Waals surface area contributed by atoms with E-state index in [-0.39, 0.29) is 11.3 Å². The summed E-state index contributed by atoms with van der Waals surface area (Å²) in [4.78, 5) is 22.9. The molecule has 2 aliphatic rings. The molecule has 1 spiro atoms. The van der Waals surface area contributed by atoms with Crippen LogP contribution in [0.1, 0.15) is 41.7 Å². The number of esters is 1. The molecular formula is C19H20BrN3O3. The number of piperidine rings is 1. The van der Waals surface area contributed by atoms with Crippen LogP contribution in [0, 0.1) is 0 Å². The van der Waals surface area contributed by atoms with Crippen molar-refractivity contribution in [1.29, 1.82) is 0 Å². The number of methoxy groups -OCH3 is 1. The molecule has 1 aromatic heterocycles. The van der Waals surface area contributed by atoms with Gasteiger partial charge in [-0.3, -0.25) is 0 Å². The number of carbonyl (C=O) groups excluding carboxylic acids is 1. The highest BCUT2D eigenvalue weighted by Crippen LogP contribution is 2.49. The predicted molar refractivity (Wildman–Crippen MR) is 101 cm³/mol. The second-order valence-electron chi connectivity index (χ2n) is 6.77. The first kappa shape index (κ1) is 17.3. The minimum atomic E-state index is -0.480. The summed E-state index contributed by atoms with van der Waals surface area (Å²) in [5.74, 6) is 1.43. The lowest BCUT2D eigenvalue weighted by molar-refractivity contribution is 0.0463. The number of anilines is 1. The van der Waals surface area contributed by atoms with E-state index in [4.69, 9.17) is 9.47 Å². The third kappa shape index (κ3) is 2.74. The van der Waals surface area contributed by atoms with Crippen LogP contribution in [0.4, 0.5) is 5.82 Å². The van der Waals surface area contributed by atoms with Crippen molar-refractivity contribution in [3.05, 3.63) is 46.3 Å². The van der Waals surface area contributed by atoms with E-state index in [1.807, 2.05) is 12.1 Å². The fraction of sp³-hybridized carbons (Fsp3) is 0.421. The van der Waals surface area contributed by atoms with Crippen molar-refractivity contribution in [2.24, 2.45) is 0 Å². The van der Waals surface area contributed by atoms with Crippen molar-refractivity contribution in [2.75, 3.05) is 25.1 Å². The molecule has 0 saturated carbocycles. The third-order valence-electron chi connectivity index (χ3n) is 5.50. The summed E-state index contributed by atoms with van der Waals surface area (Å²) in [7, 11) is 1.35. The Morgan fingerprint density at radius 3 is 2.77 bits per heavy atom. The molecule has 7 heteroatoms. The Bertz CT molecular complexity index is 850. The lowest BCUT2D eigenvalue weighted by atomic mass is 9.79. The molecule has 0 amide bonds. The van der Waals surface area contributed by atoms with Gasteiger partial charge in [-0.2, -0.15) is 0 Å². The number of carbonyl (C=O) groups is 1. The maximum atomic E-state index is 12.1. The lowest BCUT2D eigenvalue weighted by Gasteiger charge is -2.41. The van der Waals surface area contributed by atoms with E-state index >= 15 is 0 Å². The number of aromatic nitrogens is 2. The number of para-hydroxylation sites is 1. The van der Waals surface area contributed by atoms with Gasteiger partial charge < -0.3 is 14.4 Å². The quantitative estimate of drug-likeness (QED) is 0.695. The van der Waals surface area contributed by atoms with Gasteiger partial charge in [-0.25, -0.2) is 14.8 Å². The molecule has 0 aliphatic carbocycles. The lowest BCUT2D eigenvalue weighted by Crippen LogP contribution is -2.49. The van der Waals surface area contributed by atoms with E-state index in [1.54, 1.807) is 6.20 Å². The van der Waals surface area contributed by atoms with Crippen molar-refractivity contribution >= 4 is 27.7 Å². The van der Waals surface area contributed by atoms with Crippen LogP contribution in [0.5, 0.6) is 5.75 Å². The van der Waals surface area contributed by atoms with Crippen LogP contribution in [-0.2, 0) is 4.74 Å². The van der Waals surface area contributed by atoms with Crippen LogP contribution in [0.2, 0.25) is 0 Å². The van der Waals surface area contributed by atoms with E-state index in [1.165, 1.54) is 12.7 Å². The van der Waals surface area contributed by atoms with E-state index in [0.717, 1.165) is 31.7 Å². The maximum absolute atomic E-state index is 12.1. The van der Waals surface area contributed by atoms with Crippen molar-refractivity contribution in [2.45, 2.75) is 31.3 Å². The SMILES string of the molecule is COC(=O)c1nc(Br)cnc1N1CCC2(CC1)Oc1ccccc1[C@H]2C. The molecule has 0 radical (unpaired) electrons. The summed E-state index contributed by atoms with van der Waals surface area (Å²) in [6.45, 7) is 3.73. The Morgan fingerprint density at radius 1 is 1.35 bits per heavy atom. The van der Waals surface area contributed by atoms with Gasteiger partial charge in [0.25, 0.3) is 0 Å². The van der Waals surface area contributed by atoms with Crippen LogP contribution in [-0.4, -0.2) is 41.7 Å². The van der Waals surface area contributed by atoms with Gasteiger partial charge in [-0.15, -0.1) is 0 Å². The molecule has 0 unspecified atom stereocenters. The number of hydrogen-bond donors (Lipinski definition) is 0. The third-order valence-corrected chi connectivity index (χ3v) is 5.88. The minimum Gasteiger partial charge on any atom is -0.486 e. The molecule has 4 rings (SSSR count). The first-order valence-electron chi connectivity index (χ1n) is 8.68. The van der Waals surface area contributed by atoms with Gasteiger partial charge in [0.15, 0.2) is 11.5 Å². The molecule has 2 aliphatic heterocycles. The number of fused-ring (bicyclic) bond motifs is 1. The van der Waals surface area contributed by atoms with Crippen LogP contribution < -0.4 is 9.64 Å². The summed E-state index contributed by atoms with van der Waals surface area (Å²) in [6, 6.07) is 8.27. The highest BCUT2D eigenvalue weighted by Gasteiger charge is 2.48. The number of nitrogens with zero attached hydrogens (tertiary/aromatic N) is 3. The molecule has 1 aromatic carbocycles. The zero-order valence-electron chi connectivity index (χ0n) is 14.7. The van der Waals surface area contributed by atoms with Crippen molar-refractivity contribution in [3.63, 3.8) is 0 Å². The number of hydrogen-bond acceptors (Lipinski definition) is 6. The Kier molecular flexibility index (Phi) is 4.34. The van der Waals surface area contributed by atoms with Crippen LogP contribution in [0.3, 0.4) is 0 Å². The average Bonchev–Trinajstić information content (AvgIpc) is 2.94. The summed E-state index contributed by atoms with van der Waals surface area (Å²) < 4.78 is 11.8. The molecule has 1 saturated heterocycles. The summed E-state index contributed by atoms with van der Waals surface area (Å²) >= 11 is 3.27. The van der Waals surface area contributed by atoms with Gasteiger partial charge >= 0.3 is 5.97 Å². The Hall–Kier alpha value is -2.15. The van der Waals surface area contributed by atoms with Gasteiger partial charge in [0.05, 0.1) is 13.3 Å². The highest BCUT2D eigenvalue weighted by atomic mass is 79.9. The second kappa shape index (κ2) is 6.54. The zero-order valence-corrected chi connectivity index (χ0v) is 16.3. The topological polar surface area (TPSA) is 64.5 Å². The normalized spacial score (nSPS) is 20.6. The average molecular weight is 418 g/mol. The van der Waals surface area contributed by atoms with E-state index in [0.29, 0.717) is 16.3 Å². The summed E-state index contributed by atoms with van der Waals surface area (Å²) in [6.07, 6.45) is 3.33. The monoisotopic (exact) mass is 417 g/mol. The summed E-state index contributed by atoms with van der Waals surface area (Å²) in [5.41, 5.74) is 1.33. The molecular weight excluding hydrogens is 398 g/mol. The van der Waals surface area contributed by atoms with Crippen molar-refractivity contribution < 1.29 is 14.3 Å². The summed E-state index contributed by atoms with van der Waals surface area (Å²) in [5, 5.41) is 0. The molecule has 1 fully saturated rings. The first-order chi connectivity index (χ1) is 12.5. The fourth-order valence-electron chi connectivity index (χ4n) is 3.98. The molecule has 6 nitrogen and oxygen atoms in total. The van der Waals surface area contributed by atoms with Gasteiger partial charge in [0.2, 0.25) is 0 Å². The molecule has 136 valence electrons. The molecule has 1 atom stereocenters. The largest absolute Gasteiger partial charge is 0.486 e. The zero-order chi connectivity index (χ0) is 18.3. The van der Waals surface area contributed by atoms with Gasteiger partial charge in [-0.05, 0) is 22.0 Å². The predicted octanol–water partition coefficient (Wildman–Crippen LogP) is 3.56. The van der Waals surface area contributed by atoms with Gasteiger partial charge in [0, 0.05) is 37.4 Å². The molecule has 0 N–H and O–H groups in total. The molecule has 3 heterocycles. The highest BCUT2D eigenvalue weighted by molar-refractivity contribution is 9.10. The smallest absolute Gasteiger partial charge is 0.360 e. The van der Waals surface area contributed by atoms with Crippen molar-refractivity contribution in [1.82, 2.24) is 9.97 Å². The van der Waals surface area contributed by atoms with Gasteiger partial charge in [-0.1, -0.05) is 25.1 Å². The Labute approximate surface area is 160 Å².